The molecule has 0 aliphatic rings. The Balaban J connectivity index is 4.82. The molecule has 20 nitrogen and oxygen atoms in total. The number of hydrogen-bond acceptors (Lipinski definition) is 11. The van der Waals surface area contributed by atoms with E-state index in [0.29, 0.717) is 0 Å². The number of nitrogens with two attached hydrogens (primary N) is 3. The van der Waals surface area contributed by atoms with Crippen LogP contribution in [0, 0.1) is 0 Å². The van der Waals surface area contributed by atoms with E-state index in [1.165, 1.54) is 0 Å². The average Bonchev–Trinajstić information content (AvgIpc) is 2.91. The zero-order valence-electron chi connectivity index (χ0n) is 21.5. The number of carbonyl (C=O) groups is 7. The number of hydrogen-bond donors (Lipinski definition) is 12. The molecule has 0 radical (unpaired) electrons. The van der Waals surface area contributed by atoms with Crippen molar-refractivity contribution in [3.8, 4) is 0 Å². The Morgan fingerprint density at radius 2 is 1.15 bits per heavy atom. The van der Waals surface area contributed by atoms with Gasteiger partial charge in [-0.25, -0.2) is 4.79 Å². The van der Waals surface area contributed by atoms with Gasteiger partial charge in [-0.1, -0.05) is 0 Å². The maximum atomic E-state index is 12.6. The fourth-order valence-corrected chi connectivity index (χ4v) is 2.60. The molecule has 20 heteroatoms. The fourth-order valence-electron chi connectivity index (χ4n) is 2.60. The van der Waals surface area contributed by atoms with Crippen LogP contribution in [0.2, 0.25) is 0 Å². The Labute approximate surface area is 227 Å². The highest BCUT2D eigenvalue weighted by Crippen LogP contribution is 1.99. The molecule has 226 valence electrons. The van der Waals surface area contributed by atoms with Gasteiger partial charge in [-0.15, -0.1) is 0 Å². The number of aliphatic imine (C=N–C) groups is 1. The quantitative estimate of drug-likeness (QED) is 0.0386. The molecule has 0 unspecified atom stereocenters. The fraction of sp³-hybridized carbons (Fsp3) is 0.600. The molecule has 6 amide bonds. The first-order valence-electron chi connectivity index (χ1n) is 11.7. The maximum absolute atomic E-state index is 12.6. The van der Waals surface area contributed by atoms with Crippen molar-refractivity contribution in [3.63, 3.8) is 0 Å². The number of amides is 6. The first-order chi connectivity index (χ1) is 18.8. The average molecular weight is 577 g/mol. The van der Waals surface area contributed by atoms with Crippen molar-refractivity contribution >= 4 is 47.4 Å². The van der Waals surface area contributed by atoms with E-state index in [4.69, 9.17) is 32.5 Å². The summed E-state index contributed by atoms with van der Waals surface area (Å²) in [6, 6.07) is -3.96. The van der Waals surface area contributed by atoms with E-state index in [0.717, 1.165) is 0 Å². The zero-order valence-corrected chi connectivity index (χ0v) is 21.5. The third-order valence-corrected chi connectivity index (χ3v) is 4.68. The second-order valence-electron chi connectivity index (χ2n) is 7.99. The number of guanidine groups is 1. The van der Waals surface area contributed by atoms with Crippen LogP contribution >= 0.6 is 0 Å². The van der Waals surface area contributed by atoms with Gasteiger partial charge in [0.1, 0.15) is 18.1 Å². The number of nitrogens with zero attached hydrogens (tertiary/aromatic N) is 1. The van der Waals surface area contributed by atoms with E-state index in [1.807, 2.05) is 5.32 Å². The Bertz CT molecular complexity index is 941. The molecule has 0 aliphatic heterocycles. The lowest BCUT2D eigenvalue weighted by molar-refractivity contribution is -0.142. The van der Waals surface area contributed by atoms with Gasteiger partial charge < -0.3 is 64.4 Å². The second kappa shape index (κ2) is 19.5. The Hall–Kier alpha value is -4.56. The summed E-state index contributed by atoms with van der Waals surface area (Å²) in [5.74, 6) is -6.49. The minimum Gasteiger partial charge on any atom is -0.480 e. The molecule has 0 heterocycles. The summed E-state index contributed by atoms with van der Waals surface area (Å²) in [5.41, 5.74) is 15.8. The first kappa shape index (κ1) is 35.4. The van der Waals surface area contributed by atoms with Gasteiger partial charge in [-0.2, -0.15) is 0 Å². The minimum atomic E-state index is -1.56. The molecule has 0 saturated heterocycles. The van der Waals surface area contributed by atoms with Crippen molar-refractivity contribution < 1.29 is 48.9 Å². The van der Waals surface area contributed by atoms with Gasteiger partial charge >= 0.3 is 5.97 Å². The Morgan fingerprint density at radius 1 is 0.675 bits per heavy atom. The summed E-state index contributed by atoms with van der Waals surface area (Å²) in [6.07, 6.45) is 0.265. The molecule has 0 saturated carbocycles. The van der Waals surface area contributed by atoms with Crippen molar-refractivity contribution in [2.75, 3.05) is 45.9 Å². The molecule has 3 atom stereocenters. The summed E-state index contributed by atoms with van der Waals surface area (Å²) in [4.78, 5) is 86.3. The van der Waals surface area contributed by atoms with Crippen molar-refractivity contribution in [2.24, 2.45) is 22.2 Å². The van der Waals surface area contributed by atoms with Gasteiger partial charge in [-0.3, -0.25) is 33.8 Å². The zero-order chi connectivity index (χ0) is 30.7. The van der Waals surface area contributed by atoms with E-state index >= 15 is 0 Å². The van der Waals surface area contributed by atoms with E-state index in [2.05, 4.69) is 31.6 Å². The number of carboxylic acids is 1. The lowest BCUT2D eigenvalue weighted by Gasteiger charge is -2.18. The SMILES string of the molecule is NC(N)=NCCC[C@H](NC(=O)CNC(=O)CNC(=O)[C@@H](N)CO)C(=O)NCC(=O)NCC(=O)N[C@@H](CO)C(=O)O. The second-order valence-corrected chi connectivity index (χ2v) is 7.99. The van der Waals surface area contributed by atoms with E-state index in [9.17, 15) is 33.6 Å². The normalized spacial score (nSPS) is 12.5. The number of rotatable bonds is 19. The topological polar surface area (TPSA) is 343 Å². The number of aliphatic hydroxyl groups is 2. The molecular weight excluding hydrogens is 540 g/mol. The number of carbonyl (C=O) groups excluding carboxylic acids is 6. The van der Waals surface area contributed by atoms with Crippen LogP contribution in [-0.2, 0) is 33.6 Å². The molecule has 0 aromatic heterocycles. The van der Waals surface area contributed by atoms with Gasteiger partial charge in [0.15, 0.2) is 5.96 Å². The third kappa shape index (κ3) is 16.3. The van der Waals surface area contributed by atoms with Crippen molar-refractivity contribution in [2.45, 2.75) is 31.0 Å². The van der Waals surface area contributed by atoms with Crippen LogP contribution in [0.15, 0.2) is 4.99 Å². The predicted octanol–water partition coefficient (Wildman–Crippen LogP) is -8.13. The number of aliphatic carboxylic acids is 1. The predicted molar refractivity (Wildman–Crippen MR) is 136 cm³/mol. The van der Waals surface area contributed by atoms with Crippen LogP contribution in [0.4, 0.5) is 0 Å². The molecular formula is C20H36N10O10. The van der Waals surface area contributed by atoms with E-state index < -0.39 is 98.9 Å². The van der Waals surface area contributed by atoms with Crippen molar-refractivity contribution in [1.29, 1.82) is 0 Å². The van der Waals surface area contributed by atoms with Crippen LogP contribution in [0.1, 0.15) is 12.8 Å². The highest BCUT2D eigenvalue weighted by atomic mass is 16.4. The van der Waals surface area contributed by atoms with E-state index in [1.54, 1.807) is 0 Å². The van der Waals surface area contributed by atoms with Gasteiger partial charge in [0.2, 0.25) is 35.4 Å². The lowest BCUT2D eigenvalue weighted by Crippen LogP contribution is -2.52. The smallest absolute Gasteiger partial charge is 0.328 e. The van der Waals surface area contributed by atoms with Crippen molar-refractivity contribution in [1.82, 2.24) is 31.9 Å². The number of nitrogens with one attached hydrogen (secondary N) is 6. The third-order valence-electron chi connectivity index (χ3n) is 4.68. The largest absolute Gasteiger partial charge is 0.480 e. The van der Waals surface area contributed by atoms with Crippen molar-refractivity contribution in [3.05, 3.63) is 0 Å². The van der Waals surface area contributed by atoms with Crippen LogP contribution in [0.3, 0.4) is 0 Å². The van der Waals surface area contributed by atoms with Gasteiger partial charge in [-0.05, 0) is 12.8 Å². The monoisotopic (exact) mass is 576 g/mol. The molecule has 0 fully saturated rings. The highest BCUT2D eigenvalue weighted by Gasteiger charge is 2.22. The molecule has 0 aliphatic carbocycles. The summed E-state index contributed by atoms with van der Waals surface area (Å²) >= 11 is 0. The molecule has 40 heavy (non-hydrogen) atoms. The van der Waals surface area contributed by atoms with Crippen LogP contribution in [-0.4, -0.2) is 127 Å². The van der Waals surface area contributed by atoms with Gasteiger partial charge in [0, 0.05) is 6.54 Å². The molecule has 0 spiro atoms. The number of aliphatic hydroxyl groups excluding tert-OH is 2. The number of carboxylic acid groups (broad SMARTS) is 1. The maximum Gasteiger partial charge on any atom is 0.328 e. The van der Waals surface area contributed by atoms with Crippen LogP contribution in [0.25, 0.3) is 0 Å². The first-order valence-corrected chi connectivity index (χ1v) is 11.7. The summed E-state index contributed by atoms with van der Waals surface area (Å²) in [6.45, 7) is -3.70. The lowest BCUT2D eigenvalue weighted by atomic mass is 10.1. The van der Waals surface area contributed by atoms with Gasteiger partial charge in [0.05, 0.1) is 39.4 Å². The van der Waals surface area contributed by atoms with Gasteiger partial charge in [0.25, 0.3) is 0 Å². The highest BCUT2D eigenvalue weighted by molar-refractivity contribution is 5.93. The van der Waals surface area contributed by atoms with Crippen LogP contribution < -0.4 is 49.1 Å². The molecule has 0 bridgehead atoms. The molecule has 15 N–H and O–H groups in total. The molecule has 0 aromatic carbocycles. The summed E-state index contributed by atoms with van der Waals surface area (Å²) in [5, 5.41) is 39.6. The summed E-state index contributed by atoms with van der Waals surface area (Å²) in [7, 11) is 0. The molecule has 0 rings (SSSR count). The Kier molecular flexibility index (Phi) is 17.3. The minimum absolute atomic E-state index is 0.0270. The summed E-state index contributed by atoms with van der Waals surface area (Å²) < 4.78 is 0. The standard InChI is InChI=1S/C20H36N10O10/c21-10(8-31)17(37)27-4-13(33)25-6-15(35)29-11(2-1-3-24-20(22)23)18(38)28-5-14(34)26-7-16(36)30-12(9-32)19(39)40/h10-12,31-32H,1-9,21H2,(H,25,33)(H,26,34)(H,27,37)(H,28,38)(H,29,35)(H,30,36)(H,39,40)(H4,22,23,24)/t10-,11-,12-/m0/s1. The molecule has 0 aromatic rings. The van der Waals surface area contributed by atoms with E-state index in [-0.39, 0.29) is 25.3 Å². The Morgan fingerprint density at radius 3 is 1.60 bits per heavy atom. The van der Waals surface area contributed by atoms with Crippen LogP contribution in [0.5, 0.6) is 0 Å².